The molecule has 29 heavy (non-hydrogen) atoms. The number of nitrogens with zero attached hydrogens (tertiary/aromatic N) is 2. The van der Waals surface area contributed by atoms with Crippen molar-refractivity contribution in [2.75, 3.05) is 24.6 Å². The molecule has 2 aromatic rings. The molecular weight excluding hydrogens is 388 g/mol. The van der Waals surface area contributed by atoms with E-state index in [0.29, 0.717) is 34.2 Å². The molecule has 6 heteroatoms. The number of hydrogen-bond acceptors (Lipinski definition) is 4. The molecule has 0 radical (unpaired) electrons. The highest BCUT2D eigenvalue weighted by molar-refractivity contribution is 6.47. The third-order valence-corrected chi connectivity index (χ3v) is 5.60. The highest BCUT2D eigenvalue weighted by Gasteiger charge is 2.43. The number of para-hydroxylation sites is 1. The largest absolute Gasteiger partial charge is 0.494 e. The van der Waals surface area contributed by atoms with Crippen molar-refractivity contribution in [3.05, 3.63) is 64.8 Å². The van der Waals surface area contributed by atoms with Gasteiger partial charge in [-0.3, -0.25) is 9.59 Å². The van der Waals surface area contributed by atoms with Gasteiger partial charge in [-0.05, 0) is 56.0 Å². The first-order chi connectivity index (χ1) is 14.1. The molecule has 4 rings (SSSR count). The summed E-state index contributed by atoms with van der Waals surface area (Å²) in [6.07, 6.45) is 3.15. The predicted molar refractivity (Wildman–Crippen MR) is 114 cm³/mol. The summed E-state index contributed by atoms with van der Waals surface area (Å²) in [7, 11) is 0. The van der Waals surface area contributed by atoms with Crippen molar-refractivity contribution < 1.29 is 14.3 Å². The van der Waals surface area contributed by atoms with Gasteiger partial charge >= 0.3 is 0 Å². The zero-order valence-corrected chi connectivity index (χ0v) is 17.1. The van der Waals surface area contributed by atoms with Crippen molar-refractivity contribution in [2.24, 2.45) is 0 Å². The second-order valence-corrected chi connectivity index (χ2v) is 7.53. The Morgan fingerprint density at radius 2 is 1.62 bits per heavy atom. The number of amides is 2. The molecule has 2 aliphatic heterocycles. The van der Waals surface area contributed by atoms with Gasteiger partial charge in [-0.2, -0.15) is 0 Å². The lowest BCUT2D eigenvalue weighted by Crippen LogP contribution is -2.37. The van der Waals surface area contributed by atoms with E-state index in [-0.39, 0.29) is 11.8 Å². The molecular formula is C23H23ClN2O3. The first-order valence-electron chi connectivity index (χ1n) is 9.97. The molecule has 1 saturated heterocycles. The monoisotopic (exact) mass is 410 g/mol. The number of halogens is 1. The van der Waals surface area contributed by atoms with Crippen LogP contribution in [0.3, 0.4) is 0 Å². The summed E-state index contributed by atoms with van der Waals surface area (Å²) in [4.78, 5) is 30.2. The topological polar surface area (TPSA) is 49.9 Å². The minimum Gasteiger partial charge on any atom is -0.494 e. The summed E-state index contributed by atoms with van der Waals surface area (Å²) in [5.74, 6) is 0.0813. The van der Waals surface area contributed by atoms with Crippen LogP contribution in [0, 0.1) is 0 Å². The smallest absolute Gasteiger partial charge is 0.282 e. The van der Waals surface area contributed by atoms with Crippen LogP contribution in [0.4, 0.5) is 5.69 Å². The number of hydrogen-bond donors (Lipinski definition) is 0. The summed E-state index contributed by atoms with van der Waals surface area (Å²) in [6.45, 7) is 4.03. The third-order valence-electron chi connectivity index (χ3n) is 5.28. The maximum atomic E-state index is 13.5. The van der Waals surface area contributed by atoms with Crippen LogP contribution in [0.15, 0.2) is 54.2 Å². The zero-order chi connectivity index (χ0) is 20.4. The Kier molecular flexibility index (Phi) is 5.58. The van der Waals surface area contributed by atoms with Gasteiger partial charge in [-0.25, -0.2) is 4.90 Å². The Bertz CT molecular complexity index is 962. The number of imide groups is 1. The number of anilines is 1. The van der Waals surface area contributed by atoms with Gasteiger partial charge in [0.1, 0.15) is 11.4 Å². The summed E-state index contributed by atoms with van der Waals surface area (Å²) in [5.41, 5.74) is 2.03. The molecule has 2 amide bonds. The van der Waals surface area contributed by atoms with Crippen LogP contribution in [0.5, 0.6) is 5.75 Å². The molecule has 0 N–H and O–H groups in total. The van der Waals surface area contributed by atoms with Gasteiger partial charge in [0, 0.05) is 13.1 Å². The fraction of sp³-hybridized carbons (Fsp3) is 0.304. The fourth-order valence-corrected chi connectivity index (χ4v) is 4.15. The number of ether oxygens (including phenoxy) is 1. The second kappa shape index (κ2) is 8.29. The average molecular weight is 411 g/mol. The van der Waals surface area contributed by atoms with Crippen molar-refractivity contribution in [1.29, 1.82) is 0 Å². The summed E-state index contributed by atoms with van der Waals surface area (Å²) in [6, 6.07) is 14.3. The summed E-state index contributed by atoms with van der Waals surface area (Å²) < 4.78 is 5.51. The van der Waals surface area contributed by atoms with Crippen LogP contribution in [0.25, 0.3) is 5.57 Å². The Balaban J connectivity index is 1.80. The Morgan fingerprint density at radius 3 is 2.28 bits per heavy atom. The molecule has 0 atom stereocenters. The van der Waals surface area contributed by atoms with E-state index in [1.165, 1.54) is 4.90 Å². The number of piperidine rings is 1. The van der Waals surface area contributed by atoms with Gasteiger partial charge in [0.15, 0.2) is 0 Å². The second-order valence-electron chi connectivity index (χ2n) is 7.13. The highest BCUT2D eigenvalue weighted by atomic mass is 35.5. The molecule has 2 aromatic carbocycles. The van der Waals surface area contributed by atoms with Crippen molar-refractivity contribution in [2.45, 2.75) is 26.2 Å². The SMILES string of the molecule is CCOc1ccc(C2=C(N3CCCCC3)C(=O)N(c3ccccc3Cl)C2=O)cc1. The fourth-order valence-electron chi connectivity index (χ4n) is 3.93. The minimum atomic E-state index is -0.340. The standard InChI is InChI=1S/C23H23ClN2O3/c1-2-29-17-12-10-16(11-13-17)20-21(25-14-6-3-7-15-25)23(28)26(22(20)27)19-9-5-4-8-18(19)24/h4-5,8-13H,2-3,6-7,14-15H2,1H3. The van der Waals surface area contributed by atoms with E-state index in [4.69, 9.17) is 16.3 Å². The lowest BCUT2D eigenvalue weighted by Gasteiger charge is -2.29. The van der Waals surface area contributed by atoms with Crippen LogP contribution >= 0.6 is 11.6 Å². The zero-order valence-electron chi connectivity index (χ0n) is 16.4. The number of benzene rings is 2. The van der Waals surface area contributed by atoms with Crippen LogP contribution in [-0.4, -0.2) is 36.4 Å². The molecule has 1 fully saturated rings. The van der Waals surface area contributed by atoms with Gasteiger partial charge in [-0.15, -0.1) is 0 Å². The van der Waals surface area contributed by atoms with E-state index in [9.17, 15) is 9.59 Å². The van der Waals surface area contributed by atoms with Gasteiger partial charge in [0.05, 0.1) is 22.9 Å². The molecule has 2 heterocycles. The molecule has 0 aromatic heterocycles. The van der Waals surface area contributed by atoms with Crippen molar-refractivity contribution in [3.8, 4) is 5.75 Å². The Morgan fingerprint density at radius 1 is 0.931 bits per heavy atom. The van der Waals surface area contributed by atoms with E-state index < -0.39 is 0 Å². The van der Waals surface area contributed by atoms with Crippen LogP contribution in [0.1, 0.15) is 31.7 Å². The van der Waals surface area contributed by atoms with Gasteiger partial charge in [0.25, 0.3) is 11.8 Å². The number of likely N-dealkylation sites (tertiary alicyclic amines) is 1. The quantitative estimate of drug-likeness (QED) is 0.680. The normalized spacial score (nSPS) is 17.3. The van der Waals surface area contributed by atoms with E-state index in [0.717, 1.165) is 38.1 Å². The number of rotatable bonds is 5. The third kappa shape index (κ3) is 3.62. The van der Waals surface area contributed by atoms with E-state index >= 15 is 0 Å². The van der Waals surface area contributed by atoms with Gasteiger partial charge in [-0.1, -0.05) is 35.9 Å². The van der Waals surface area contributed by atoms with Gasteiger partial charge < -0.3 is 9.64 Å². The number of carbonyl (C=O) groups is 2. The van der Waals surface area contributed by atoms with Crippen LogP contribution < -0.4 is 9.64 Å². The molecule has 0 unspecified atom stereocenters. The Labute approximate surface area is 175 Å². The van der Waals surface area contributed by atoms with Crippen molar-refractivity contribution in [3.63, 3.8) is 0 Å². The summed E-state index contributed by atoms with van der Waals surface area (Å²) >= 11 is 6.32. The van der Waals surface area contributed by atoms with E-state index in [2.05, 4.69) is 0 Å². The number of carbonyl (C=O) groups excluding carboxylic acids is 2. The first-order valence-corrected chi connectivity index (χ1v) is 10.4. The maximum Gasteiger partial charge on any atom is 0.282 e. The lowest BCUT2D eigenvalue weighted by molar-refractivity contribution is -0.120. The summed E-state index contributed by atoms with van der Waals surface area (Å²) in [5, 5.41) is 0.375. The molecule has 2 aliphatic rings. The van der Waals surface area contributed by atoms with Crippen LogP contribution in [0.2, 0.25) is 5.02 Å². The molecule has 0 aliphatic carbocycles. The highest BCUT2D eigenvalue weighted by Crippen LogP contribution is 2.38. The predicted octanol–water partition coefficient (Wildman–Crippen LogP) is 4.51. The lowest BCUT2D eigenvalue weighted by atomic mass is 10.0. The molecule has 0 spiro atoms. The minimum absolute atomic E-state index is 0.311. The Hall–Kier alpha value is -2.79. The average Bonchev–Trinajstić information content (AvgIpc) is 3.00. The van der Waals surface area contributed by atoms with Gasteiger partial charge in [0.2, 0.25) is 0 Å². The molecule has 150 valence electrons. The van der Waals surface area contributed by atoms with Crippen molar-refractivity contribution in [1.82, 2.24) is 4.90 Å². The van der Waals surface area contributed by atoms with E-state index in [1.807, 2.05) is 36.1 Å². The maximum absolute atomic E-state index is 13.5. The molecule has 5 nitrogen and oxygen atoms in total. The van der Waals surface area contributed by atoms with Crippen LogP contribution in [-0.2, 0) is 9.59 Å². The first kappa shape index (κ1) is 19.5. The molecule has 0 bridgehead atoms. The van der Waals surface area contributed by atoms with E-state index in [1.54, 1.807) is 24.3 Å². The van der Waals surface area contributed by atoms with Crippen molar-refractivity contribution >= 4 is 34.7 Å². The molecule has 0 saturated carbocycles.